The van der Waals surface area contributed by atoms with Gasteiger partial charge in [0.15, 0.2) is 5.82 Å². The summed E-state index contributed by atoms with van der Waals surface area (Å²) < 4.78 is 1.64. The number of rotatable bonds is 8. The molecule has 0 aliphatic rings. The van der Waals surface area contributed by atoms with Gasteiger partial charge >= 0.3 is 11.8 Å². The number of hydrogen-bond acceptors (Lipinski definition) is 6. The molecule has 2 amide bonds. The molecule has 0 fully saturated rings. The summed E-state index contributed by atoms with van der Waals surface area (Å²) in [6.07, 6.45) is 4.90. The van der Waals surface area contributed by atoms with E-state index in [0.29, 0.717) is 29.4 Å². The van der Waals surface area contributed by atoms with E-state index in [0.717, 1.165) is 17.1 Å². The molecule has 30 heavy (non-hydrogen) atoms. The first kappa shape index (κ1) is 21.3. The number of aryl methyl sites for hydroxylation is 2. The first-order valence-electron chi connectivity index (χ1n) is 9.23. The van der Waals surface area contributed by atoms with Crippen LogP contribution in [0.1, 0.15) is 27.6 Å². The fourth-order valence-corrected chi connectivity index (χ4v) is 3.50. The van der Waals surface area contributed by atoms with Crippen LogP contribution in [0.2, 0.25) is 0 Å². The summed E-state index contributed by atoms with van der Waals surface area (Å²) in [6.45, 7) is 2.33. The Labute approximate surface area is 177 Å². The van der Waals surface area contributed by atoms with E-state index in [1.807, 2.05) is 6.92 Å². The largest absolute Gasteiger partial charge is 0.348 e. The number of carbonyl (C=O) groups is 3. The molecule has 3 N–H and O–H groups in total. The highest BCUT2D eigenvalue weighted by molar-refractivity contribution is 7.98. The van der Waals surface area contributed by atoms with Gasteiger partial charge in [0.2, 0.25) is 5.78 Å². The fourth-order valence-electron chi connectivity index (χ4n) is 2.62. The number of nitrogens with zero attached hydrogens (tertiary/aromatic N) is 3. The van der Waals surface area contributed by atoms with Crippen LogP contribution in [0.4, 0.5) is 5.69 Å². The molecule has 0 saturated carbocycles. The molecular weight excluding hydrogens is 404 g/mol. The van der Waals surface area contributed by atoms with Gasteiger partial charge in [0.1, 0.15) is 0 Å². The van der Waals surface area contributed by atoms with E-state index < -0.39 is 11.8 Å². The van der Waals surface area contributed by atoms with Crippen molar-refractivity contribution in [2.75, 3.05) is 17.6 Å². The average Bonchev–Trinajstić information content (AvgIpc) is 3.35. The third kappa shape index (κ3) is 5.35. The molecule has 0 bridgehead atoms. The number of amides is 2. The van der Waals surface area contributed by atoms with Crippen molar-refractivity contribution >= 4 is 35.0 Å². The Bertz CT molecular complexity index is 1040. The summed E-state index contributed by atoms with van der Waals surface area (Å²) in [6, 6.07) is 6.31. The van der Waals surface area contributed by atoms with Crippen molar-refractivity contribution in [2.24, 2.45) is 7.05 Å². The van der Waals surface area contributed by atoms with Gasteiger partial charge in [-0.05, 0) is 31.2 Å². The third-order valence-electron chi connectivity index (χ3n) is 4.34. The van der Waals surface area contributed by atoms with Gasteiger partial charge in [-0.1, -0.05) is 0 Å². The molecule has 0 radical (unpaired) electrons. The lowest BCUT2D eigenvalue weighted by atomic mass is 10.1. The molecule has 2 aromatic heterocycles. The summed E-state index contributed by atoms with van der Waals surface area (Å²) >= 11 is 1.62. The van der Waals surface area contributed by atoms with E-state index in [2.05, 4.69) is 25.6 Å². The number of nitrogens with one attached hydrogen (secondary N) is 3. The van der Waals surface area contributed by atoms with Gasteiger partial charge in [-0.3, -0.25) is 14.4 Å². The van der Waals surface area contributed by atoms with Crippen molar-refractivity contribution in [3.05, 3.63) is 65.8 Å². The molecule has 3 rings (SSSR count). The molecule has 156 valence electrons. The Morgan fingerprint density at radius 2 is 1.90 bits per heavy atom. The first-order chi connectivity index (χ1) is 14.5. The zero-order valence-corrected chi connectivity index (χ0v) is 17.5. The fraction of sp³-hybridized carbons (Fsp3) is 0.250. The van der Waals surface area contributed by atoms with Crippen LogP contribution in [0.15, 0.2) is 43.0 Å². The molecule has 0 saturated heterocycles. The summed E-state index contributed by atoms with van der Waals surface area (Å²) in [5, 5.41) is 5.11. The Morgan fingerprint density at radius 3 is 2.53 bits per heavy atom. The number of benzene rings is 1. The smallest absolute Gasteiger partial charge is 0.313 e. The number of carbonyl (C=O) groups excluding carboxylic acids is 3. The minimum Gasteiger partial charge on any atom is -0.348 e. The lowest BCUT2D eigenvalue weighted by Crippen LogP contribution is -2.36. The average molecular weight is 427 g/mol. The topological polar surface area (TPSA) is 122 Å². The van der Waals surface area contributed by atoms with Gasteiger partial charge in [0, 0.05) is 54.4 Å². The molecule has 0 unspecified atom stereocenters. The van der Waals surface area contributed by atoms with Crippen LogP contribution < -0.4 is 10.6 Å². The number of H-pyrrole nitrogens is 1. The molecular formula is C20H22N6O3S. The van der Waals surface area contributed by atoms with Gasteiger partial charge in [-0.15, -0.1) is 0 Å². The van der Waals surface area contributed by atoms with E-state index in [9.17, 15) is 14.4 Å². The highest BCUT2D eigenvalue weighted by Crippen LogP contribution is 2.13. The van der Waals surface area contributed by atoms with Gasteiger partial charge in [-0.25, -0.2) is 9.97 Å². The molecule has 10 heteroatoms. The first-order valence-corrected chi connectivity index (χ1v) is 10.4. The maximum absolute atomic E-state index is 12.4. The Kier molecular flexibility index (Phi) is 7.02. The van der Waals surface area contributed by atoms with E-state index >= 15 is 0 Å². The van der Waals surface area contributed by atoms with E-state index in [1.54, 1.807) is 66.4 Å². The Balaban J connectivity index is 1.42. The Hall–Kier alpha value is -3.40. The highest BCUT2D eigenvalue weighted by Gasteiger charge is 2.15. The summed E-state index contributed by atoms with van der Waals surface area (Å²) in [5.41, 5.74) is 2.87. The number of imidazole rings is 2. The van der Waals surface area contributed by atoms with Crippen LogP contribution in [0.3, 0.4) is 0 Å². The molecule has 0 aliphatic carbocycles. The van der Waals surface area contributed by atoms with E-state index in [1.165, 1.54) is 0 Å². The SMILES string of the molecule is Cc1[nH]cnc1CSCCNC(=O)C(=O)Nc1ccc(C(=O)c2nccn2C)cc1. The van der Waals surface area contributed by atoms with E-state index in [4.69, 9.17) is 0 Å². The number of ketones is 1. The zero-order chi connectivity index (χ0) is 21.5. The van der Waals surface area contributed by atoms with Crippen molar-refractivity contribution < 1.29 is 14.4 Å². The highest BCUT2D eigenvalue weighted by atomic mass is 32.2. The lowest BCUT2D eigenvalue weighted by molar-refractivity contribution is -0.136. The summed E-state index contributed by atoms with van der Waals surface area (Å²) in [5.74, 6) is 0.0361. The van der Waals surface area contributed by atoms with Crippen LogP contribution in [0.25, 0.3) is 0 Å². The maximum Gasteiger partial charge on any atom is 0.313 e. The predicted octanol–water partition coefficient (Wildman–Crippen LogP) is 1.67. The third-order valence-corrected chi connectivity index (χ3v) is 5.31. The van der Waals surface area contributed by atoms with Crippen molar-refractivity contribution in [1.82, 2.24) is 24.8 Å². The number of anilines is 1. The maximum atomic E-state index is 12.4. The van der Waals surface area contributed by atoms with E-state index in [-0.39, 0.29) is 5.78 Å². The second kappa shape index (κ2) is 9.88. The minimum absolute atomic E-state index is 0.222. The predicted molar refractivity (Wildman–Crippen MR) is 114 cm³/mol. The van der Waals surface area contributed by atoms with Crippen molar-refractivity contribution in [2.45, 2.75) is 12.7 Å². The second-order valence-electron chi connectivity index (χ2n) is 6.51. The Morgan fingerprint density at radius 1 is 1.13 bits per heavy atom. The van der Waals surface area contributed by atoms with Crippen LogP contribution in [0, 0.1) is 6.92 Å². The van der Waals surface area contributed by atoms with Gasteiger partial charge in [-0.2, -0.15) is 11.8 Å². The molecule has 2 heterocycles. The minimum atomic E-state index is -0.758. The van der Waals surface area contributed by atoms with Crippen LogP contribution in [-0.2, 0) is 22.4 Å². The monoisotopic (exact) mass is 426 g/mol. The number of thioether (sulfide) groups is 1. The van der Waals surface area contributed by atoms with Crippen molar-refractivity contribution in [1.29, 1.82) is 0 Å². The summed E-state index contributed by atoms with van der Waals surface area (Å²) in [7, 11) is 1.74. The number of aromatic amines is 1. The molecule has 0 spiro atoms. The van der Waals surface area contributed by atoms with Gasteiger partial charge < -0.3 is 20.2 Å². The standard InChI is InChI=1S/C20H22N6O3S/c1-13-16(24-12-23-13)11-30-10-8-22-19(28)20(29)25-15-5-3-14(4-6-15)17(27)18-21-7-9-26(18)2/h3-7,9,12H,8,10-11H2,1-2H3,(H,22,28)(H,23,24)(H,25,29). The van der Waals surface area contributed by atoms with Crippen molar-refractivity contribution in [3.8, 4) is 0 Å². The van der Waals surface area contributed by atoms with Crippen LogP contribution >= 0.6 is 11.8 Å². The van der Waals surface area contributed by atoms with Gasteiger partial charge in [0.25, 0.3) is 0 Å². The van der Waals surface area contributed by atoms with Crippen LogP contribution in [0.5, 0.6) is 0 Å². The normalized spacial score (nSPS) is 10.6. The van der Waals surface area contributed by atoms with Crippen molar-refractivity contribution in [3.63, 3.8) is 0 Å². The molecule has 0 aliphatic heterocycles. The number of aromatic nitrogens is 4. The van der Waals surface area contributed by atoms with Crippen LogP contribution in [-0.4, -0.2) is 49.4 Å². The molecule has 9 nitrogen and oxygen atoms in total. The van der Waals surface area contributed by atoms with Gasteiger partial charge in [0.05, 0.1) is 12.0 Å². The second-order valence-corrected chi connectivity index (χ2v) is 7.61. The molecule has 1 aromatic carbocycles. The summed E-state index contributed by atoms with van der Waals surface area (Å²) in [4.78, 5) is 47.6. The zero-order valence-electron chi connectivity index (χ0n) is 16.6. The molecule has 0 atom stereocenters. The lowest BCUT2D eigenvalue weighted by Gasteiger charge is -2.07. The number of hydrogen-bond donors (Lipinski definition) is 3. The molecule has 3 aromatic rings. The quantitative estimate of drug-likeness (QED) is 0.286.